The van der Waals surface area contributed by atoms with Crippen molar-refractivity contribution in [2.75, 3.05) is 6.54 Å². The van der Waals surface area contributed by atoms with Crippen LogP contribution in [-0.4, -0.2) is 22.0 Å². The van der Waals surface area contributed by atoms with Gasteiger partial charge in [-0.05, 0) is 18.8 Å². The number of amides is 1. The fourth-order valence-electron chi connectivity index (χ4n) is 2.42. The Labute approximate surface area is 96.1 Å². The number of aromatic nitrogens is 2. The molecule has 4 heteroatoms. The van der Waals surface area contributed by atoms with E-state index < -0.39 is 0 Å². The Morgan fingerprint density at radius 1 is 1.69 bits per heavy atom. The van der Waals surface area contributed by atoms with Gasteiger partial charge in [-0.3, -0.25) is 4.79 Å². The maximum absolute atomic E-state index is 11.2. The largest absolute Gasteiger partial charge is 0.356 e. The van der Waals surface area contributed by atoms with E-state index in [1.807, 2.05) is 19.3 Å². The summed E-state index contributed by atoms with van der Waals surface area (Å²) in [5, 5.41) is 2.91. The number of hydrogen-bond donors (Lipinski definition) is 1. The van der Waals surface area contributed by atoms with Gasteiger partial charge >= 0.3 is 0 Å². The molecule has 2 atom stereocenters. The normalized spacial score (nSPS) is 22.1. The van der Waals surface area contributed by atoms with Crippen LogP contribution < -0.4 is 5.32 Å². The fourth-order valence-corrected chi connectivity index (χ4v) is 2.42. The summed E-state index contributed by atoms with van der Waals surface area (Å²) in [6.45, 7) is 6.03. The Morgan fingerprint density at radius 2 is 2.50 bits per heavy atom. The van der Waals surface area contributed by atoms with Gasteiger partial charge in [-0.15, -0.1) is 0 Å². The quantitative estimate of drug-likeness (QED) is 0.834. The van der Waals surface area contributed by atoms with E-state index in [-0.39, 0.29) is 5.91 Å². The minimum Gasteiger partial charge on any atom is -0.356 e. The summed E-state index contributed by atoms with van der Waals surface area (Å²) >= 11 is 0. The van der Waals surface area contributed by atoms with Crippen molar-refractivity contribution in [2.45, 2.75) is 33.2 Å². The maximum atomic E-state index is 11.2. The molecule has 0 bridgehead atoms. The van der Waals surface area contributed by atoms with Crippen LogP contribution in [-0.2, 0) is 11.3 Å². The van der Waals surface area contributed by atoms with Crippen molar-refractivity contribution >= 4 is 5.91 Å². The molecule has 1 aromatic heterocycles. The Morgan fingerprint density at radius 3 is 3.00 bits per heavy atom. The second-order valence-electron chi connectivity index (χ2n) is 4.56. The van der Waals surface area contributed by atoms with Gasteiger partial charge in [0.2, 0.25) is 5.91 Å². The molecule has 2 unspecified atom stereocenters. The average Bonchev–Trinajstić information content (AvgIpc) is 2.85. The molecule has 0 aliphatic carbocycles. The smallest absolute Gasteiger partial charge is 0.220 e. The highest BCUT2D eigenvalue weighted by atomic mass is 16.1. The zero-order valence-electron chi connectivity index (χ0n) is 9.94. The van der Waals surface area contributed by atoms with Crippen molar-refractivity contribution in [1.82, 2.24) is 14.9 Å². The zero-order chi connectivity index (χ0) is 11.5. The number of aryl methyl sites for hydroxylation is 1. The first-order chi connectivity index (χ1) is 7.70. The molecule has 16 heavy (non-hydrogen) atoms. The first-order valence-corrected chi connectivity index (χ1v) is 5.95. The van der Waals surface area contributed by atoms with Crippen molar-refractivity contribution in [3.05, 3.63) is 18.2 Å². The molecule has 0 spiro atoms. The van der Waals surface area contributed by atoms with Gasteiger partial charge in [-0.2, -0.15) is 0 Å². The van der Waals surface area contributed by atoms with Gasteiger partial charge in [0, 0.05) is 31.9 Å². The summed E-state index contributed by atoms with van der Waals surface area (Å²) < 4.78 is 2.18. The first-order valence-electron chi connectivity index (χ1n) is 5.95. The number of carbonyl (C=O) groups excluding carboxylic acids is 1. The summed E-state index contributed by atoms with van der Waals surface area (Å²) in [6, 6.07) is 0. The lowest BCUT2D eigenvalue weighted by Gasteiger charge is -2.21. The Hall–Kier alpha value is -1.32. The minimum atomic E-state index is 0.200. The SMILES string of the molecule is CCC(Cn1ccnc1C)C1CNC(=O)C1. The van der Waals surface area contributed by atoms with Crippen LogP contribution in [0.5, 0.6) is 0 Å². The van der Waals surface area contributed by atoms with Crippen molar-refractivity contribution in [1.29, 1.82) is 0 Å². The molecular formula is C12H19N3O. The molecule has 0 aromatic carbocycles. The van der Waals surface area contributed by atoms with Crippen molar-refractivity contribution in [3.8, 4) is 0 Å². The molecule has 0 saturated carbocycles. The molecular weight excluding hydrogens is 202 g/mol. The van der Waals surface area contributed by atoms with Gasteiger partial charge in [0.25, 0.3) is 0 Å². The standard InChI is InChI=1S/C12H19N3O/c1-3-10(11-6-12(16)14-7-11)8-15-5-4-13-9(15)2/h4-5,10-11H,3,6-8H2,1-2H3,(H,14,16). The second kappa shape index (κ2) is 4.68. The molecule has 1 saturated heterocycles. The third kappa shape index (κ3) is 2.26. The summed E-state index contributed by atoms with van der Waals surface area (Å²) in [5.74, 6) is 2.30. The zero-order valence-corrected chi connectivity index (χ0v) is 9.94. The monoisotopic (exact) mass is 221 g/mol. The van der Waals surface area contributed by atoms with E-state index in [0.29, 0.717) is 18.3 Å². The van der Waals surface area contributed by atoms with Crippen LogP contribution in [0.1, 0.15) is 25.6 Å². The van der Waals surface area contributed by atoms with E-state index in [1.165, 1.54) is 0 Å². The van der Waals surface area contributed by atoms with Crippen LogP contribution in [0.15, 0.2) is 12.4 Å². The Kier molecular flexibility index (Phi) is 3.27. The molecule has 1 amide bonds. The van der Waals surface area contributed by atoms with Crippen molar-refractivity contribution in [3.63, 3.8) is 0 Å². The molecule has 88 valence electrons. The van der Waals surface area contributed by atoms with Gasteiger partial charge in [0.15, 0.2) is 0 Å². The van der Waals surface area contributed by atoms with Crippen LogP contribution in [0.25, 0.3) is 0 Å². The van der Waals surface area contributed by atoms with E-state index in [0.717, 1.165) is 25.3 Å². The van der Waals surface area contributed by atoms with Gasteiger partial charge in [0.05, 0.1) is 0 Å². The van der Waals surface area contributed by atoms with Gasteiger partial charge in [-0.25, -0.2) is 4.98 Å². The molecule has 2 rings (SSSR count). The topological polar surface area (TPSA) is 46.9 Å². The predicted octanol–water partition coefficient (Wildman–Crippen LogP) is 1.35. The van der Waals surface area contributed by atoms with Gasteiger partial charge in [-0.1, -0.05) is 13.3 Å². The molecule has 2 heterocycles. The Balaban J connectivity index is 2.01. The van der Waals surface area contributed by atoms with E-state index in [9.17, 15) is 4.79 Å². The van der Waals surface area contributed by atoms with Crippen LogP contribution in [0.3, 0.4) is 0 Å². The summed E-state index contributed by atoms with van der Waals surface area (Å²) in [6.07, 6.45) is 5.64. The highest BCUT2D eigenvalue weighted by molar-refractivity contribution is 5.78. The molecule has 0 radical (unpaired) electrons. The number of hydrogen-bond acceptors (Lipinski definition) is 2. The molecule has 4 nitrogen and oxygen atoms in total. The molecule has 1 aromatic rings. The van der Waals surface area contributed by atoms with E-state index >= 15 is 0 Å². The van der Waals surface area contributed by atoms with Crippen LogP contribution in [0, 0.1) is 18.8 Å². The van der Waals surface area contributed by atoms with Crippen molar-refractivity contribution in [2.24, 2.45) is 11.8 Å². The van der Waals surface area contributed by atoms with Crippen LogP contribution >= 0.6 is 0 Å². The number of imidazole rings is 1. The van der Waals surface area contributed by atoms with Crippen molar-refractivity contribution < 1.29 is 4.79 Å². The van der Waals surface area contributed by atoms with Crippen LogP contribution in [0.2, 0.25) is 0 Å². The maximum Gasteiger partial charge on any atom is 0.220 e. The van der Waals surface area contributed by atoms with Gasteiger partial charge < -0.3 is 9.88 Å². The third-order valence-electron chi connectivity index (χ3n) is 3.55. The van der Waals surface area contributed by atoms with E-state index in [2.05, 4.69) is 21.8 Å². The van der Waals surface area contributed by atoms with E-state index in [1.54, 1.807) is 0 Å². The summed E-state index contributed by atoms with van der Waals surface area (Å²) in [4.78, 5) is 15.4. The first kappa shape index (κ1) is 11.2. The van der Waals surface area contributed by atoms with Crippen LogP contribution in [0.4, 0.5) is 0 Å². The average molecular weight is 221 g/mol. The number of nitrogens with zero attached hydrogens (tertiary/aromatic N) is 2. The van der Waals surface area contributed by atoms with Gasteiger partial charge in [0.1, 0.15) is 5.82 Å². The predicted molar refractivity (Wildman–Crippen MR) is 61.9 cm³/mol. The molecule has 1 aliphatic rings. The summed E-state index contributed by atoms with van der Waals surface area (Å²) in [5.41, 5.74) is 0. The third-order valence-corrected chi connectivity index (χ3v) is 3.55. The minimum absolute atomic E-state index is 0.200. The summed E-state index contributed by atoms with van der Waals surface area (Å²) in [7, 11) is 0. The van der Waals surface area contributed by atoms with E-state index in [4.69, 9.17) is 0 Å². The second-order valence-corrected chi connectivity index (χ2v) is 4.56. The molecule has 1 fully saturated rings. The lowest BCUT2D eigenvalue weighted by molar-refractivity contribution is -0.119. The number of rotatable bonds is 4. The molecule has 1 N–H and O–H groups in total. The number of nitrogens with one attached hydrogen (secondary N) is 1. The molecule has 1 aliphatic heterocycles. The lowest BCUT2D eigenvalue weighted by atomic mass is 9.89. The lowest BCUT2D eigenvalue weighted by Crippen LogP contribution is -2.22. The highest BCUT2D eigenvalue weighted by Crippen LogP contribution is 2.24. The Bertz CT molecular complexity index is 372. The fraction of sp³-hybridized carbons (Fsp3) is 0.667. The highest BCUT2D eigenvalue weighted by Gasteiger charge is 2.28. The number of carbonyl (C=O) groups is 1.